The topological polar surface area (TPSA) is 38.5 Å². The molecular weight excluding hydrogens is 164 g/mol. The molecule has 0 spiro atoms. The van der Waals surface area contributed by atoms with Crippen LogP contribution in [0.25, 0.3) is 0 Å². The highest BCUT2D eigenvalue weighted by atomic mass is 16.5. The van der Waals surface area contributed by atoms with Crippen molar-refractivity contribution in [2.24, 2.45) is 5.73 Å². The lowest BCUT2D eigenvalue weighted by atomic mass is 9.95. The predicted octanol–water partition coefficient (Wildman–Crippen LogP) is 0.587. The van der Waals surface area contributed by atoms with Crippen LogP contribution in [0.2, 0.25) is 0 Å². The van der Waals surface area contributed by atoms with Crippen molar-refractivity contribution in [2.45, 2.75) is 44.3 Å². The van der Waals surface area contributed by atoms with Gasteiger partial charge in [0.15, 0.2) is 0 Å². The summed E-state index contributed by atoms with van der Waals surface area (Å²) >= 11 is 0. The van der Waals surface area contributed by atoms with Gasteiger partial charge in [0.25, 0.3) is 0 Å². The first kappa shape index (κ1) is 9.44. The van der Waals surface area contributed by atoms with Gasteiger partial charge in [0.2, 0.25) is 0 Å². The summed E-state index contributed by atoms with van der Waals surface area (Å²) in [5, 5.41) is 0. The molecule has 2 saturated heterocycles. The molecule has 0 aromatic carbocycles. The first-order valence-corrected chi connectivity index (χ1v) is 5.22. The van der Waals surface area contributed by atoms with Crippen molar-refractivity contribution in [3.8, 4) is 0 Å². The lowest BCUT2D eigenvalue weighted by Crippen LogP contribution is -2.52. The van der Waals surface area contributed by atoms with Crippen molar-refractivity contribution >= 4 is 0 Å². The van der Waals surface area contributed by atoms with Gasteiger partial charge in [0.05, 0.1) is 6.61 Å². The van der Waals surface area contributed by atoms with Crippen LogP contribution in [0.3, 0.4) is 0 Å². The first-order chi connectivity index (χ1) is 6.12. The average molecular weight is 184 g/mol. The number of hydrogen-bond acceptors (Lipinski definition) is 3. The van der Waals surface area contributed by atoms with E-state index in [1.165, 1.54) is 6.42 Å². The van der Waals surface area contributed by atoms with Crippen LogP contribution in [0.5, 0.6) is 0 Å². The smallest absolute Gasteiger partial charge is 0.0622 e. The molecule has 0 bridgehead atoms. The Morgan fingerprint density at radius 1 is 1.38 bits per heavy atom. The van der Waals surface area contributed by atoms with Gasteiger partial charge in [-0.25, -0.2) is 0 Å². The molecule has 0 radical (unpaired) electrons. The van der Waals surface area contributed by atoms with Crippen LogP contribution in [0.4, 0.5) is 0 Å². The van der Waals surface area contributed by atoms with E-state index < -0.39 is 0 Å². The fourth-order valence-corrected chi connectivity index (χ4v) is 2.55. The lowest BCUT2D eigenvalue weighted by Gasteiger charge is -2.38. The summed E-state index contributed by atoms with van der Waals surface area (Å²) in [6, 6.07) is 0.941. The van der Waals surface area contributed by atoms with E-state index in [0.29, 0.717) is 12.1 Å². The third-order valence-electron chi connectivity index (χ3n) is 3.68. The zero-order chi connectivity index (χ0) is 9.47. The number of hydrogen-bond donors (Lipinski definition) is 1. The summed E-state index contributed by atoms with van der Waals surface area (Å²) in [5.74, 6) is 0. The normalized spacial score (nSPS) is 39.9. The molecule has 0 saturated carbocycles. The van der Waals surface area contributed by atoms with Crippen LogP contribution in [0.1, 0.15) is 26.7 Å². The summed E-state index contributed by atoms with van der Waals surface area (Å²) < 4.78 is 5.42. The van der Waals surface area contributed by atoms with Crippen molar-refractivity contribution in [1.29, 1.82) is 0 Å². The Morgan fingerprint density at radius 2 is 2.15 bits per heavy atom. The third kappa shape index (κ3) is 1.49. The van der Waals surface area contributed by atoms with E-state index in [-0.39, 0.29) is 5.54 Å². The second kappa shape index (κ2) is 3.23. The summed E-state index contributed by atoms with van der Waals surface area (Å²) in [4.78, 5) is 2.53. The highest BCUT2D eigenvalue weighted by Crippen LogP contribution is 2.31. The molecule has 76 valence electrons. The van der Waals surface area contributed by atoms with E-state index in [2.05, 4.69) is 18.7 Å². The van der Waals surface area contributed by atoms with Gasteiger partial charge in [-0.2, -0.15) is 0 Å². The molecule has 2 rings (SSSR count). The number of nitrogens with zero attached hydrogens (tertiary/aromatic N) is 1. The SMILES string of the molecule is CC1(C)C(N)CCN1C1CCOC1. The summed E-state index contributed by atoms with van der Waals surface area (Å²) in [5.41, 5.74) is 6.25. The molecule has 0 aliphatic carbocycles. The van der Waals surface area contributed by atoms with Gasteiger partial charge in [-0.1, -0.05) is 0 Å². The minimum atomic E-state index is 0.165. The Bertz CT molecular complexity index is 187. The van der Waals surface area contributed by atoms with Crippen LogP contribution in [-0.4, -0.2) is 42.3 Å². The maximum atomic E-state index is 6.09. The van der Waals surface area contributed by atoms with E-state index in [0.717, 1.165) is 26.2 Å². The van der Waals surface area contributed by atoms with Gasteiger partial charge in [-0.15, -0.1) is 0 Å². The zero-order valence-corrected chi connectivity index (χ0v) is 8.62. The minimum absolute atomic E-state index is 0.165. The van der Waals surface area contributed by atoms with E-state index in [4.69, 9.17) is 10.5 Å². The Labute approximate surface area is 80.2 Å². The van der Waals surface area contributed by atoms with Gasteiger partial charge in [-0.05, 0) is 26.7 Å². The molecule has 0 amide bonds. The van der Waals surface area contributed by atoms with Gasteiger partial charge in [-0.3, -0.25) is 4.90 Å². The van der Waals surface area contributed by atoms with Gasteiger partial charge in [0, 0.05) is 30.8 Å². The zero-order valence-electron chi connectivity index (χ0n) is 8.62. The molecule has 2 aliphatic rings. The van der Waals surface area contributed by atoms with Crippen molar-refractivity contribution in [3.05, 3.63) is 0 Å². The first-order valence-electron chi connectivity index (χ1n) is 5.22. The van der Waals surface area contributed by atoms with Crippen LogP contribution in [-0.2, 0) is 4.74 Å². The predicted molar refractivity (Wildman–Crippen MR) is 52.6 cm³/mol. The number of likely N-dealkylation sites (tertiary alicyclic amines) is 1. The van der Waals surface area contributed by atoms with E-state index >= 15 is 0 Å². The molecule has 0 aromatic heterocycles. The van der Waals surface area contributed by atoms with Crippen LogP contribution >= 0.6 is 0 Å². The Kier molecular flexibility index (Phi) is 2.34. The van der Waals surface area contributed by atoms with Crippen LogP contribution < -0.4 is 5.73 Å². The quantitative estimate of drug-likeness (QED) is 0.648. The second-order valence-electron chi connectivity index (χ2n) is 4.76. The van der Waals surface area contributed by atoms with Crippen molar-refractivity contribution in [3.63, 3.8) is 0 Å². The molecule has 0 aromatic rings. The molecule has 2 aliphatic heterocycles. The standard InChI is InChI=1S/C10H20N2O/c1-10(2)9(11)3-5-12(10)8-4-6-13-7-8/h8-9H,3-7,11H2,1-2H3. The molecule has 2 fully saturated rings. The Morgan fingerprint density at radius 3 is 2.62 bits per heavy atom. The number of rotatable bonds is 1. The fourth-order valence-electron chi connectivity index (χ4n) is 2.55. The highest BCUT2D eigenvalue weighted by molar-refractivity contribution is 5.01. The summed E-state index contributed by atoms with van der Waals surface area (Å²) in [7, 11) is 0. The monoisotopic (exact) mass is 184 g/mol. The Hall–Kier alpha value is -0.120. The van der Waals surface area contributed by atoms with Crippen LogP contribution in [0.15, 0.2) is 0 Å². The average Bonchev–Trinajstić information content (AvgIpc) is 2.62. The summed E-state index contributed by atoms with van der Waals surface area (Å²) in [6.45, 7) is 7.47. The molecule has 3 nitrogen and oxygen atoms in total. The maximum absolute atomic E-state index is 6.09. The largest absolute Gasteiger partial charge is 0.380 e. The lowest BCUT2D eigenvalue weighted by molar-refractivity contribution is 0.0895. The molecule has 3 heteroatoms. The van der Waals surface area contributed by atoms with E-state index in [1.54, 1.807) is 0 Å². The molecule has 2 N–H and O–H groups in total. The maximum Gasteiger partial charge on any atom is 0.0622 e. The van der Waals surface area contributed by atoms with Gasteiger partial charge < -0.3 is 10.5 Å². The molecule has 2 heterocycles. The molecule has 2 atom stereocenters. The third-order valence-corrected chi connectivity index (χ3v) is 3.68. The van der Waals surface area contributed by atoms with Crippen molar-refractivity contribution in [2.75, 3.05) is 19.8 Å². The number of ether oxygens (including phenoxy) is 1. The van der Waals surface area contributed by atoms with Gasteiger partial charge >= 0.3 is 0 Å². The second-order valence-corrected chi connectivity index (χ2v) is 4.76. The molecule has 2 unspecified atom stereocenters. The summed E-state index contributed by atoms with van der Waals surface area (Å²) in [6.07, 6.45) is 2.31. The number of nitrogens with two attached hydrogens (primary N) is 1. The fraction of sp³-hybridized carbons (Fsp3) is 1.00. The van der Waals surface area contributed by atoms with E-state index in [9.17, 15) is 0 Å². The molecule has 13 heavy (non-hydrogen) atoms. The van der Waals surface area contributed by atoms with Crippen molar-refractivity contribution < 1.29 is 4.74 Å². The Balaban J connectivity index is 2.06. The molecular formula is C10H20N2O. The van der Waals surface area contributed by atoms with E-state index in [1.807, 2.05) is 0 Å². The van der Waals surface area contributed by atoms with Crippen LogP contribution in [0, 0.1) is 0 Å². The van der Waals surface area contributed by atoms with Gasteiger partial charge in [0.1, 0.15) is 0 Å². The highest BCUT2D eigenvalue weighted by Gasteiger charge is 2.43. The van der Waals surface area contributed by atoms with Crippen molar-refractivity contribution in [1.82, 2.24) is 4.90 Å². The minimum Gasteiger partial charge on any atom is -0.380 e.